The lowest BCUT2D eigenvalue weighted by molar-refractivity contribution is 0.100. The molecule has 0 unspecified atom stereocenters. The Hall–Kier alpha value is -2.88. The predicted molar refractivity (Wildman–Crippen MR) is 133 cm³/mol. The Balaban J connectivity index is 1.75. The molecule has 7 nitrogen and oxygen atoms in total. The molecule has 0 radical (unpaired) electrons. The fraction of sp³-hybridized carbons (Fsp3) is 0.208. The van der Waals surface area contributed by atoms with Crippen molar-refractivity contribution in [3.05, 3.63) is 88.1 Å². The number of amidine groups is 2. The minimum absolute atomic E-state index is 0.0706. The van der Waals surface area contributed by atoms with Crippen LogP contribution in [-0.2, 0) is 16.6 Å². The van der Waals surface area contributed by atoms with E-state index in [2.05, 4.69) is 25.9 Å². The number of benzene rings is 2. The minimum Gasteiger partial charge on any atom is -0.327 e. The first-order chi connectivity index (χ1) is 15.8. The van der Waals surface area contributed by atoms with E-state index in [4.69, 9.17) is 0 Å². The molecule has 170 valence electrons. The van der Waals surface area contributed by atoms with E-state index in [1.54, 1.807) is 26.0 Å². The Kier molecular flexibility index (Phi) is 6.73. The molecule has 0 atom stereocenters. The number of rotatable bonds is 5. The lowest BCUT2D eigenvalue weighted by Gasteiger charge is -2.21. The summed E-state index contributed by atoms with van der Waals surface area (Å²) in [7, 11) is -3.69. The third-order valence-electron chi connectivity index (χ3n) is 5.42. The molecule has 0 saturated heterocycles. The van der Waals surface area contributed by atoms with Crippen LogP contribution in [0.5, 0.6) is 0 Å². The molecule has 2 heterocycles. The maximum absolute atomic E-state index is 13.1. The van der Waals surface area contributed by atoms with Gasteiger partial charge in [0.2, 0.25) is 10.0 Å². The summed E-state index contributed by atoms with van der Waals surface area (Å²) >= 11 is 3.49. The van der Waals surface area contributed by atoms with Crippen LogP contribution in [0.3, 0.4) is 0 Å². The van der Waals surface area contributed by atoms with Crippen LogP contribution in [0.2, 0.25) is 0 Å². The smallest absolute Gasteiger partial charge is 0.279 e. The number of aliphatic imine (C=N–C) groups is 2. The van der Waals surface area contributed by atoms with Gasteiger partial charge in [0, 0.05) is 41.4 Å². The third-order valence-corrected chi connectivity index (χ3v) is 7.93. The number of allylic oxidation sites excluding steroid dienone is 2. The first kappa shape index (κ1) is 23.3. The van der Waals surface area contributed by atoms with Gasteiger partial charge in [-0.25, -0.2) is 13.4 Å². The minimum atomic E-state index is -3.69. The van der Waals surface area contributed by atoms with Gasteiger partial charge in [-0.1, -0.05) is 44.2 Å². The molecule has 0 bridgehead atoms. The molecule has 1 amide bonds. The molecule has 4 rings (SSSR count). The fourth-order valence-corrected chi connectivity index (χ4v) is 5.60. The highest BCUT2D eigenvalue weighted by molar-refractivity contribution is 9.11. The number of hydrogen-bond acceptors (Lipinski definition) is 4. The molecule has 0 saturated carbocycles. The van der Waals surface area contributed by atoms with Crippen molar-refractivity contribution in [3.8, 4) is 0 Å². The van der Waals surface area contributed by atoms with Crippen LogP contribution < -0.4 is 0 Å². The average molecular weight is 527 g/mol. The predicted octanol–water partition coefficient (Wildman–Crippen LogP) is 4.32. The van der Waals surface area contributed by atoms with Crippen molar-refractivity contribution in [1.29, 1.82) is 0 Å². The van der Waals surface area contributed by atoms with Gasteiger partial charge in [-0.05, 0) is 51.8 Å². The standard InChI is InChI=1S/C24H23BrN4O3S/c1-3-29(4-2)33(31,32)20-10-7-9-17(14-20)24(30)27-23-21-11-6-5-8-18(21)15-28-16-19(25)12-13-22(28)26-23/h5-14,16H,3-4,15H2,1-2H3. The molecule has 2 aliphatic heterocycles. The van der Waals surface area contributed by atoms with Gasteiger partial charge in [0.1, 0.15) is 5.84 Å². The first-order valence-corrected chi connectivity index (χ1v) is 12.8. The van der Waals surface area contributed by atoms with E-state index >= 15 is 0 Å². The van der Waals surface area contributed by atoms with Gasteiger partial charge in [0.25, 0.3) is 5.91 Å². The molecule has 33 heavy (non-hydrogen) atoms. The summed E-state index contributed by atoms with van der Waals surface area (Å²) in [6.07, 6.45) is 5.67. The molecular weight excluding hydrogens is 504 g/mol. The number of sulfonamides is 1. The van der Waals surface area contributed by atoms with Crippen LogP contribution in [-0.4, -0.2) is 48.3 Å². The SMILES string of the molecule is CCN(CC)S(=O)(=O)c1cccc(C(=O)N=C2N=C3C=CC(Br)=CN3Cc3ccccc32)c1. The van der Waals surface area contributed by atoms with Crippen LogP contribution in [0.25, 0.3) is 0 Å². The van der Waals surface area contributed by atoms with Gasteiger partial charge in [0.05, 0.1) is 4.90 Å². The number of halogens is 1. The summed E-state index contributed by atoms with van der Waals surface area (Å²) < 4.78 is 28.0. The number of carbonyl (C=O) groups excluding carboxylic acids is 1. The maximum Gasteiger partial charge on any atom is 0.279 e. The Morgan fingerprint density at radius 1 is 1.12 bits per heavy atom. The van der Waals surface area contributed by atoms with Gasteiger partial charge in [-0.2, -0.15) is 9.30 Å². The van der Waals surface area contributed by atoms with Gasteiger partial charge in [-0.3, -0.25) is 4.79 Å². The van der Waals surface area contributed by atoms with E-state index in [1.165, 1.54) is 16.4 Å². The molecule has 0 spiro atoms. The largest absolute Gasteiger partial charge is 0.327 e. The Bertz CT molecular complexity index is 1320. The summed E-state index contributed by atoms with van der Waals surface area (Å²) in [6, 6.07) is 13.7. The Morgan fingerprint density at radius 3 is 2.64 bits per heavy atom. The van der Waals surface area contributed by atoms with Gasteiger partial charge < -0.3 is 4.90 Å². The van der Waals surface area contributed by atoms with Crippen molar-refractivity contribution in [3.63, 3.8) is 0 Å². The van der Waals surface area contributed by atoms with Gasteiger partial charge >= 0.3 is 0 Å². The number of amides is 1. The van der Waals surface area contributed by atoms with Gasteiger partial charge in [0.15, 0.2) is 5.84 Å². The summed E-state index contributed by atoms with van der Waals surface area (Å²) in [5.41, 5.74) is 1.93. The molecule has 2 aromatic rings. The zero-order valence-electron chi connectivity index (χ0n) is 18.3. The molecule has 0 N–H and O–H groups in total. The van der Waals surface area contributed by atoms with Crippen molar-refractivity contribution in [2.45, 2.75) is 25.3 Å². The molecule has 0 aromatic heterocycles. The van der Waals surface area contributed by atoms with Crippen LogP contribution in [0.15, 0.2) is 86.2 Å². The number of fused-ring (bicyclic) bond motifs is 2. The Labute approximate surface area is 202 Å². The normalized spacial score (nSPS) is 16.7. The van der Waals surface area contributed by atoms with Crippen molar-refractivity contribution < 1.29 is 13.2 Å². The average Bonchev–Trinajstić information content (AvgIpc) is 2.96. The zero-order chi connectivity index (χ0) is 23.6. The highest BCUT2D eigenvalue weighted by atomic mass is 79.9. The van der Waals surface area contributed by atoms with E-state index in [1.807, 2.05) is 47.5 Å². The highest BCUT2D eigenvalue weighted by Crippen LogP contribution is 2.24. The monoisotopic (exact) mass is 526 g/mol. The molecule has 0 aliphatic carbocycles. The second-order valence-electron chi connectivity index (χ2n) is 7.46. The quantitative estimate of drug-likeness (QED) is 0.580. The van der Waals surface area contributed by atoms with Crippen molar-refractivity contribution in [2.75, 3.05) is 13.1 Å². The summed E-state index contributed by atoms with van der Waals surface area (Å²) in [6.45, 7) is 4.84. The fourth-order valence-electron chi connectivity index (χ4n) is 3.71. The van der Waals surface area contributed by atoms with Gasteiger partial charge in [-0.15, -0.1) is 0 Å². The number of nitrogens with zero attached hydrogens (tertiary/aromatic N) is 4. The van der Waals surface area contributed by atoms with Crippen LogP contribution in [0, 0.1) is 0 Å². The van der Waals surface area contributed by atoms with Crippen molar-refractivity contribution in [1.82, 2.24) is 9.21 Å². The van der Waals surface area contributed by atoms with Crippen LogP contribution >= 0.6 is 15.9 Å². The molecular formula is C24H23BrN4O3S. The van der Waals surface area contributed by atoms with Crippen molar-refractivity contribution in [2.24, 2.45) is 9.98 Å². The number of hydrogen-bond donors (Lipinski definition) is 0. The summed E-state index contributed by atoms with van der Waals surface area (Å²) in [5.74, 6) is 0.408. The molecule has 0 fully saturated rings. The highest BCUT2D eigenvalue weighted by Gasteiger charge is 2.24. The summed E-state index contributed by atoms with van der Waals surface area (Å²) in [5, 5.41) is 0. The summed E-state index contributed by atoms with van der Waals surface area (Å²) in [4.78, 5) is 24.1. The van der Waals surface area contributed by atoms with E-state index in [0.29, 0.717) is 31.3 Å². The van der Waals surface area contributed by atoms with Crippen LogP contribution in [0.4, 0.5) is 0 Å². The van der Waals surface area contributed by atoms with E-state index in [0.717, 1.165) is 15.6 Å². The topological polar surface area (TPSA) is 82.4 Å². The van der Waals surface area contributed by atoms with E-state index in [-0.39, 0.29) is 10.5 Å². The molecule has 2 aliphatic rings. The first-order valence-electron chi connectivity index (χ1n) is 10.6. The number of carbonyl (C=O) groups is 1. The maximum atomic E-state index is 13.1. The lowest BCUT2D eigenvalue weighted by Crippen LogP contribution is -2.30. The van der Waals surface area contributed by atoms with Crippen LogP contribution in [0.1, 0.15) is 35.3 Å². The zero-order valence-corrected chi connectivity index (χ0v) is 20.7. The third kappa shape index (κ3) is 4.75. The lowest BCUT2D eigenvalue weighted by atomic mass is 10.1. The molecule has 9 heteroatoms. The Morgan fingerprint density at radius 2 is 1.88 bits per heavy atom. The van der Waals surface area contributed by atoms with E-state index < -0.39 is 15.9 Å². The second-order valence-corrected chi connectivity index (χ2v) is 10.3. The molecule has 2 aromatic carbocycles. The van der Waals surface area contributed by atoms with Crippen molar-refractivity contribution >= 4 is 43.5 Å². The second kappa shape index (κ2) is 9.54. The van der Waals surface area contributed by atoms with E-state index in [9.17, 15) is 13.2 Å².